The Morgan fingerprint density at radius 1 is 1.12 bits per heavy atom. The summed E-state index contributed by atoms with van der Waals surface area (Å²) in [6.45, 7) is 0.513. The fraction of sp³-hybridized carbons (Fsp3) is 0.333. The number of anilines is 1. The minimum atomic E-state index is -4.69. The Morgan fingerprint density at radius 2 is 1.85 bits per heavy atom. The average molecular weight is 499 g/mol. The van der Waals surface area contributed by atoms with Crippen LogP contribution in [0.3, 0.4) is 0 Å². The normalized spacial score (nSPS) is 21.3. The summed E-state index contributed by atoms with van der Waals surface area (Å²) in [5, 5.41) is 2.70. The number of alkyl halides is 3. The van der Waals surface area contributed by atoms with Crippen molar-refractivity contribution in [3.05, 3.63) is 59.7 Å². The van der Waals surface area contributed by atoms with Crippen LogP contribution in [0.4, 0.5) is 23.7 Å². The number of nitrogens with one attached hydrogen (secondary N) is 2. The van der Waals surface area contributed by atoms with Gasteiger partial charge in [0, 0.05) is 18.8 Å². The van der Waals surface area contributed by atoms with E-state index >= 15 is 0 Å². The summed E-state index contributed by atoms with van der Waals surface area (Å²) in [7, 11) is -4.26. The third-order valence-corrected chi connectivity index (χ3v) is 6.70. The molecular weight excluding hydrogens is 479 g/mol. The molecule has 0 bridgehead atoms. The van der Waals surface area contributed by atoms with Crippen molar-refractivity contribution in [3.8, 4) is 0 Å². The van der Waals surface area contributed by atoms with Gasteiger partial charge in [-0.1, -0.05) is 18.2 Å². The molecule has 2 aliphatic heterocycles. The third kappa shape index (κ3) is 5.16. The van der Waals surface area contributed by atoms with Gasteiger partial charge in [0.2, 0.25) is 10.0 Å². The smallest absolute Gasteiger partial charge is 0.416 e. The van der Waals surface area contributed by atoms with Crippen molar-refractivity contribution < 1.29 is 40.7 Å². The van der Waals surface area contributed by atoms with E-state index in [9.17, 15) is 31.2 Å². The summed E-state index contributed by atoms with van der Waals surface area (Å²) in [4.78, 5) is 24.9. The van der Waals surface area contributed by atoms with Crippen molar-refractivity contribution in [3.63, 3.8) is 0 Å². The molecule has 2 atom stereocenters. The predicted molar refractivity (Wildman–Crippen MR) is 112 cm³/mol. The fourth-order valence-corrected chi connectivity index (χ4v) is 4.67. The summed E-state index contributed by atoms with van der Waals surface area (Å²) in [5.41, 5.74) is -0.0134. The molecule has 2 heterocycles. The van der Waals surface area contributed by atoms with Gasteiger partial charge >= 0.3 is 12.3 Å². The van der Waals surface area contributed by atoms with Gasteiger partial charge in [0.25, 0.3) is 5.91 Å². The fourth-order valence-electron chi connectivity index (χ4n) is 3.56. The Balaban J connectivity index is 1.39. The van der Waals surface area contributed by atoms with E-state index in [1.165, 1.54) is 4.90 Å². The maximum Gasteiger partial charge on any atom is 0.416 e. The minimum absolute atomic E-state index is 0.0176. The van der Waals surface area contributed by atoms with E-state index in [4.69, 9.17) is 9.47 Å². The molecule has 2 aromatic carbocycles. The van der Waals surface area contributed by atoms with Gasteiger partial charge in [0.1, 0.15) is 6.10 Å². The highest BCUT2D eigenvalue weighted by atomic mass is 32.2. The lowest BCUT2D eigenvalue weighted by Gasteiger charge is -2.23. The Morgan fingerprint density at radius 3 is 2.53 bits per heavy atom. The molecule has 2 fully saturated rings. The van der Waals surface area contributed by atoms with Crippen LogP contribution in [0.2, 0.25) is 0 Å². The highest BCUT2D eigenvalue weighted by Crippen LogP contribution is 2.30. The van der Waals surface area contributed by atoms with Crippen molar-refractivity contribution in [2.45, 2.75) is 23.3 Å². The number of carbonyl (C=O) groups excluding carboxylic acids is 2. The van der Waals surface area contributed by atoms with Gasteiger partial charge in [0.15, 0.2) is 6.10 Å². The van der Waals surface area contributed by atoms with E-state index in [2.05, 4.69) is 10.0 Å². The quantitative estimate of drug-likeness (QED) is 0.630. The molecule has 182 valence electrons. The number of hydrogen-bond acceptors (Lipinski definition) is 6. The molecule has 0 saturated carbocycles. The molecular formula is C21H20F3N3O6S. The summed E-state index contributed by atoms with van der Waals surface area (Å²) in [6.07, 6.45) is -7.00. The van der Waals surface area contributed by atoms with Crippen molar-refractivity contribution in [1.82, 2.24) is 10.0 Å². The first-order valence-electron chi connectivity index (χ1n) is 10.2. The van der Waals surface area contributed by atoms with Crippen LogP contribution >= 0.6 is 0 Å². The van der Waals surface area contributed by atoms with Gasteiger partial charge in [-0.3, -0.25) is 9.69 Å². The minimum Gasteiger partial charge on any atom is -0.443 e. The molecule has 0 aliphatic carbocycles. The number of amides is 2. The summed E-state index contributed by atoms with van der Waals surface area (Å²) >= 11 is 0. The molecule has 2 aliphatic rings. The van der Waals surface area contributed by atoms with E-state index in [0.717, 1.165) is 18.2 Å². The Hall–Kier alpha value is -3.16. The Bertz CT molecular complexity index is 1190. The van der Waals surface area contributed by atoms with Crippen LogP contribution in [0.25, 0.3) is 0 Å². The molecule has 9 nitrogen and oxygen atoms in total. The number of sulfonamides is 1. The number of rotatable bonds is 6. The van der Waals surface area contributed by atoms with Crippen molar-refractivity contribution >= 4 is 27.7 Å². The average Bonchev–Trinajstić information content (AvgIpc) is 3.18. The molecule has 2 unspecified atom stereocenters. The zero-order valence-corrected chi connectivity index (χ0v) is 18.4. The maximum absolute atomic E-state index is 12.9. The van der Waals surface area contributed by atoms with Gasteiger partial charge in [-0.05, 0) is 35.9 Å². The first-order valence-corrected chi connectivity index (χ1v) is 11.7. The van der Waals surface area contributed by atoms with Crippen molar-refractivity contribution in [2.24, 2.45) is 0 Å². The number of ether oxygens (including phenoxy) is 2. The molecule has 2 saturated heterocycles. The highest BCUT2D eigenvalue weighted by Gasteiger charge is 2.35. The number of nitrogens with zero attached hydrogens (tertiary/aromatic N) is 1. The molecule has 0 aromatic heterocycles. The van der Waals surface area contributed by atoms with Crippen molar-refractivity contribution in [1.29, 1.82) is 0 Å². The lowest BCUT2D eigenvalue weighted by Crippen LogP contribution is -2.39. The van der Waals surface area contributed by atoms with E-state index in [1.807, 2.05) is 0 Å². The largest absolute Gasteiger partial charge is 0.443 e. The lowest BCUT2D eigenvalue weighted by molar-refractivity contribution is -0.138. The first kappa shape index (κ1) is 24.0. The van der Waals surface area contributed by atoms with Crippen LogP contribution < -0.4 is 14.9 Å². The zero-order valence-electron chi connectivity index (χ0n) is 17.5. The lowest BCUT2D eigenvalue weighted by atomic mass is 10.1. The number of cyclic esters (lactones) is 1. The van der Waals surface area contributed by atoms with Crippen LogP contribution in [0.15, 0.2) is 53.4 Å². The van der Waals surface area contributed by atoms with E-state index < -0.39 is 45.0 Å². The van der Waals surface area contributed by atoms with E-state index in [-0.39, 0.29) is 19.0 Å². The Labute approximate surface area is 192 Å². The zero-order chi connectivity index (χ0) is 24.5. The predicted octanol–water partition coefficient (Wildman–Crippen LogP) is 2.20. The van der Waals surface area contributed by atoms with Crippen molar-refractivity contribution in [2.75, 3.05) is 31.1 Å². The molecule has 2 aromatic rings. The summed E-state index contributed by atoms with van der Waals surface area (Å²) < 4.78 is 76.4. The van der Waals surface area contributed by atoms with Gasteiger partial charge in [-0.2, -0.15) is 13.2 Å². The molecule has 0 radical (unpaired) electrons. The van der Waals surface area contributed by atoms with Crippen LogP contribution in [-0.4, -0.2) is 52.8 Å². The number of morpholine rings is 1. The van der Waals surface area contributed by atoms with Gasteiger partial charge in [-0.25, -0.2) is 17.9 Å². The second kappa shape index (κ2) is 9.24. The topological polar surface area (TPSA) is 114 Å². The van der Waals surface area contributed by atoms with Gasteiger partial charge in [-0.15, -0.1) is 0 Å². The standard InChI is InChI=1S/C21H20F3N3O6S/c22-21(23,24)14-2-1-3-17(10-14)34(30,31)26-11-16-12-27(20(29)33-16)15-6-4-13(5-7-15)18-19(28)25-8-9-32-18/h1-7,10,16,18,26H,8-9,11-12H2,(H,25,28). The molecule has 13 heteroatoms. The SMILES string of the molecule is O=C1NCCOC1c1ccc(N2CC(CNS(=O)(=O)c3cccc(C(F)(F)F)c3)OC2=O)cc1. The monoisotopic (exact) mass is 499 g/mol. The maximum atomic E-state index is 12.9. The summed E-state index contributed by atoms with van der Waals surface area (Å²) in [6, 6.07) is 9.85. The number of carbonyl (C=O) groups is 2. The molecule has 4 rings (SSSR count). The van der Waals surface area contributed by atoms with Gasteiger partial charge in [0.05, 0.1) is 23.6 Å². The number of halogens is 3. The Kier molecular flexibility index (Phi) is 6.51. The third-order valence-electron chi connectivity index (χ3n) is 5.28. The number of benzene rings is 2. The summed E-state index contributed by atoms with van der Waals surface area (Å²) in [5.74, 6) is -0.257. The molecule has 34 heavy (non-hydrogen) atoms. The highest BCUT2D eigenvalue weighted by molar-refractivity contribution is 7.89. The first-order chi connectivity index (χ1) is 16.0. The second-order valence-electron chi connectivity index (χ2n) is 7.63. The van der Waals surface area contributed by atoms with E-state index in [1.54, 1.807) is 24.3 Å². The van der Waals surface area contributed by atoms with E-state index in [0.29, 0.717) is 30.5 Å². The number of hydrogen-bond donors (Lipinski definition) is 2. The molecule has 2 N–H and O–H groups in total. The van der Waals surface area contributed by atoms with Crippen LogP contribution in [0, 0.1) is 0 Å². The molecule has 2 amide bonds. The van der Waals surface area contributed by atoms with Crippen LogP contribution in [0.1, 0.15) is 17.2 Å². The van der Waals surface area contributed by atoms with Crippen LogP contribution in [-0.2, 0) is 30.5 Å². The molecule has 0 spiro atoms. The second-order valence-corrected chi connectivity index (χ2v) is 9.39. The van der Waals surface area contributed by atoms with Crippen LogP contribution in [0.5, 0.6) is 0 Å². The van der Waals surface area contributed by atoms with Gasteiger partial charge < -0.3 is 14.8 Å².